The highest BCUT2D eigenvalue weighted by Gasteiger charge is 2.18. The van der Waals surface area contributed by atoms with E-state index in [0.717, 1.165) is 17.9 Å². The van der Waals surface area contributed by atoms with Gasteiger partial charge in [0.25, 0.3) is 0 Å². The Morgan fingerprint density at radius 2 is 2.06 bits per heavy atom. The molecule has 0 unspecified atom stereocenters. The number of anilines is 1. The number of carbonyl (C=O) groups excluding carboxylic acids is 1. The molecule has 17 heavy (non-hydrogen) atoms. The van der Waals surface area contributed by atoms with Crippen LogP contribution in [0.5, 0.6) is 0 Å². The molecule has 1 aromatic carbocycles. The second-order valence-electron chi connectivity index (χ2n) is 3.76. The van der Waals surface area contributed by atoms with Crippen LogP contribution in [0.3, 0.4) is 0 Å². The van der Waals surface area contributed by atoms with Crippen molar-refractivity contribution in [3.63, 3.8) is 0 Å². The van der Waals surface area contributed by atoms with Gasteiger partial charge in [0.05, 0.1) is 15.7 Å². The Hall–Kier alpha value is -0.580. The van der Waals surface area contributed by atoms with Gasteiger partial charge in [-0.15, -0.1) is 0 Å². The topological polar surface area (TPSA) is 41.1 Å². The van der Waals surface area contributed by atoms with Crippen molar-refractivity contribution in [1.29, 1.82) is 0 Å². The molecule has 6 heteroatoms. The summed E-state index contributed by atoms with van der Waals surface area (Å²) in [5, 5.41) is 6.45. The van der Waals surface area contributed by atoms with Crippen LogP contribution >= 0.6 is 35.0 Å². The molecule has 0 aromatic heterocycles. The second-order valence-corrected chi connectivity index (χ2v) is 5.72. The van der Waals surface area contributed by atoms with Gasteiger partial charge in [0.15, 0.2) is 0 Å². The van der Waals surface area contributed by atoms with Crippen LogP contribution in [0.1, 0.15) is 6.42 Å². The quantitative estimate of drug-likeness (QED) is 0.873. The standard InChI is InChI=1S/C11H12Cl2N2OS/c12-8-2-1-3-9(13)10(8)15-11(16)14-7-4-5-17-6-7/h1-3,7H,4-6H2,(H2,14,15,16)/t7-/m0/s1. The third-order valence-electron chi connectivity index (χ3n) is 2.47. The summed E-state index contributed by atoms with van der Waals surface area (Å²) in [5.74, 6) is 2.06. The number of rotatable bonds is 2. The lowest BCUT2D eigenvalue weighted by molar-refractivity contribution is 0.249. The van der Waals surface area contributed by atoms with Gasteiger partial charge in [-0.05, 0) is 24.3 Å². The molecule has 3 nitrogen and oxygen atoms in total. The first-order valence-electron chi connectivity index (χ1n) is 5.26. The summed E-state index contributed by atoms with van der Waals surface area (Å²) >= 11 is 13.8. The normalized spacial score (nSPS) is 19.1. The van der Waals surface area contributed by atoms with Gasteiger partial charge in [0.2, 0.25) is 0 Å². The molecule has 0 spiro atoms. The molecule has 1 aromatic rings. The number of para-hydroxylation sites is 1. The molecule has 0 bridgehead atoms. The molecule has 1 fully saturated rings. The molecule has 1 aliphatic rings. The van der Waals surface area contributed by atoms with E-state index in [-0.39, 0.29) is 12.1 Å². The van der Waals surface area contributed by atoms with Crippen molar-refractivity contribution in [3.8, 4) is 0 Å². The maximum atomic E-state index is 11.7. The van der Waals surface area contributed by atoms with Crippen LogP contribution in [-0.2, 0) is 0 Å². The fourth-order valence-corrected chi connectivity index (χ4v) is 3.24. The summed E-state index contributed by atoms with van der Waals surface area (Å²) in [6, 6.07) is 5.10. The molecule has 0 radical (unpaired) electrons. The highest BCUT2D eigenvalue weighted by atomic mass is 35.5. The zero-order valence-corrected chi connectivity index (χ0v) is 11.3. The van der Waals surface area contributed by atoms with Crippen LogP contribution in [0.25, 0.3) is 0 Å². The number of hydrogen-bond donors (Lipinski definition) is 2. The Morgan fingerprint density at radius 3 is 2.65 bits per heavy atom. The predicted octanol–water partition coefficient (Wildman–Crippen LogP) is 3.62. The molecule has 92 valence electrons. The summed E-state index contributed by atoms with van der Waals surface area (Å²) in [4.78, 5) is 11.7. The van der Waals surface area contributed by atoms with E-state index in [4.69, 9.17) is 23.2 Å². The largest absolute Gasteiger partial charge is 0.334 e. The van der Waals surface area contributed by atoms with E-state index in [1.54, 1.807) is 18.2 Å². The van der Waals surface area contributed by atoms with E-state index in [1.165, 1.54) is 0 Å². The minimum atomic E-state index is -0.257. The molecule has 0 aliphatic carbocycles. The fourth-order valence-electron chi connectivity index (χ4n) is 1.60. The molecule has 1 saturated heterocycles. The number of carbonyl (C=O) groups is 1. The predicted molar refractivity (Wildman–Crippen MR) is 74.3 cm³/mol. The Labute approximate surface area is 114 Å². The zero-order chi connectivity index (χ0) is 12.3. The van der Waals surface area contributed by atoms with E-state index in [1.807, 2.05) is 11.8 Å². The van der Waals surface area contributed by atoms with Crippen molar-refractivity contribution < 1.29 is 4.79 Å². The van der Waals surface area contributed by atoms with E-state index in [2.05, 4.69) is 10.6 Å². The smallest absolute Gasteiger partial charge is 0.319 e. The van der Waals surface area contributed by atoms with E-state index < -0.39 is 0 Å². The van der Waals surface area contributed by atoms with Gasteiger partial charge >= 0.3 is 6.03 Å². The van der Waals surface area contributed by atoms with Gasteiger partial charge in [-0.1, -0.05) is 29.3 Å². The maximum absolute atomic E-state index is 11.7. The number of benzene rings is 1. The number of urea groups is 1. The van der Waals surface area contributed by atoms with Crippen LogP contribution < -0.4 is 10.6 Å². The monoisotopic (exact) mass is 290 g/mol. The van der Waals surface area contributed by atoms with E-state index >= 15 is 0 Å². The van der Waals surface area contributed by atoms with Crippen molar-refractivity contribution in [2.45, 2.75) is 12.5 Å². The summed E-state index contributed by atoms with van der Waals surface area (Å²) in [6.45, 7) is 0. The number of halogens is 2. The third kappa shape index (κ3) is 3.44. The first-order valence-corrected chi connectivity index (χ1v) is 7.17. The number of amides is 2. The summed E-state index contributed by atoms with van der Waals surface area (Å²) < 4.78 is 0. The highest BCUT2D eigenvalue weighted by Crippen LogP contribution is 2.29. The molecule has 1 aliphatic heterocycles. The Balaban J connectivity index is 1.97. The molecule has 1 atom stereocenters. The third-order valence-corrected chi connectivity index (χ3v) is 4.26. The Morgan fingerprint density at radius 1 is 1.35 bits per heavy atom. The van der Waals surface area contributed by atoms with Gasteiger partial charge < -0.3 is 10.6 Å². The molecular formula is C11H12Cl2N2OS. The maximum Gasteiger partial charge on any atom is 0.319 e. The van der Waals surface area contributed by atoms with Crippen LogP contribution in [0.2, 0.25) is 10.0 Å². The van der Waals surface area contributed by atoms with Gasteiger partial charge in [-0.3, -0.25) is 0 Å². The van der Waals surface area contributed by atoms with Crippen molar-refractivity contribution in [2.24, 2.45) is 0 Å². The molecule has 2 N–H and O–H groups in total. The average molecular weight is 291 g/mol. The van der Waals surface area contributed by atoms with Gasteiger partial charge in [-0.2, -0.15) is 11.8 Å². The highest BCUT2D eigenvalue weighted by molar-refractivity contribution is 7.99. The minimum absolute atomic E-state index is 0.237. The van der Waals surface area contributed by atoms with Crippen LogP contribution in [0, 0.1) is 0 Å². The molecule has 2 amide bonds. The van der Waals surface area contributed by atoms with Gasteiger partial charge in [0.1, 0.15) is 0 Å². The Bertz CT molecular complexity index is 402. The summed E-state index contributed by atoms with van der Waals surface area (Å²) in [6.07, 6.45) is 1.01. The van der Waals surface area contributed by atoms with Crippen LogP contribution in [-0.4, -0.2) is 23.6 Å². The zero-order valence-electron chi connectivity index (χ0n) is 9.00. The molecule has 2 rings (SSSR count). The lowest BCUT2D eigenvalue weighted by Gasteiger charge is -2.14. The molecular weight excluding hydrogens is 279 g/mol. The lowest BCUT2D eigenvalue weighted by Crippen LogP contribution is -2.37. The number of nitrogens with one attached hydrogen (secondary N) is 2. The van der Waals surface area contributed by atoms with Crippen molar-refractivity contribution in [3.05, 3.63) is 28.2 Å². The average Bonchev–Trinajstić information content (AvgIpc) is 2.76. The van der Waals surface area contributed by atoms with E-state index in [9.17, 15) is 4.79 Å². The Kier molecular flexibility index (Phi) is 4.42. The molecule has 0 saturated carbocycles. The minimum Gasteiger partial charge on any atom is -0.334 e. The fraction of sp³-hybridized carbons (Fsp3) is 0.364. The van der Waals surface area contributed by atoms with Gasteiger partial charge in [0, 0.05) is 11.8 Å². The number of thioether (sulfide) groups is 1. The van der Waals surface area contributed by atoms with Gasteiger partial charge in [-0.25, -0.2) is 4.79 Å². The number of hydrogen-bond acceptors (Lipinski definition) is 2. The van der Waals surface area contributed by atoms with E-state index in [0.29, 0.717) is 15.7 Å². The summed E-state index contributed by atoms with van der Waals surface area (Å²) in [7, 11) is 0. The van der Waals surface area contributed by atoms with Crippen LogP contribution in [0.15, 0.2) is 18.2 Å². The van der Waals surface area contributed by atoms with Crippen molar-refractivity contribution in [1.82, 2.24) is 5.32 Å². The first kappa shape index (κ1) is 12.9. The lowest BCUT2D eigenvalue weighted by atomic mass is 10.3. The second kappa shape index (κ2) is 5.85. The van der Waals surface area contributed by atoms with Crippen molar-refractivity contribution in [2.75, 3.05) is 16.8 Å². The first-order chi connectivity index (χ1) is 8.16. The van der Waals surface area contributed by atoms with Crippen molar-refractivity contribution >= 4 is 46.7 Å². The summed E-state index contributed by atoms with van der Waals surface area (Å²) in [5.41, 5.74) is 0.457. The molecule has 1 heterocycles. The SMILES string of the molecule is O=C(Nc1c(Cl)cccc1Cl)N[C@H]1CCSC1. The van der Waals surface area contributed by atoms with Crippen LogP contribution in [0.4, 0.5) is 10.5 Å².